The van der Waals surface area contributed by atoms with Crippen molar-refractivity contribution in [3.05, 3.63) is 0 Å². The SMILES string of the molecule is COC(=O)CCS(=O)(=O)NCC1(C)CCCNC1. The maximum absolute atomic E-state index is 11.7. The molecule has 6 nitrogen and oxygen atoms in total. The average molecular weight is 278 g/mol. The van der Waals surface area contributed by atoms with Crippen molar-refractivity contribution in [2.45, 2.75) is 26.2 Å². The zero-order valence-corrected chi connectivity index (χ0v) is 11.8. The summed E-state index contributed by atoms with van der Waals surface area (Å²) in [5.74, 6) is -0.727. The number of carbonyl (C=O) groups excluding carboxylic acids is 1. The highest BCUT2D eigenvalue weighted by Gasteiger charge is 2.28. The van der Waals surface area contributed by atoms with Crippen molar-refractivity contribution < 1.29 is 17.9 Å². The summed E-state index contributed by atoms with van der Waals surface area (Å²) in [6.07, 6.45) is 1.95. The molecule has 2 N–H and O–H groups in total. The highest BCUT2D eigenvalue weighted by molar-refractivity contribution is 7.89. The molecule has 1 aliphatic heterocycles. The maximum atomic E-state index is 11.7. The van der Waals surface area contributed by atoms with Gasteiger partial charge in [0.15, 0.2) is 0 Å². The third-order valence-corrected chi connectivity index (χ3v) is 4.53. The highest BCUT2D eigenvalue weighted by Crippen LogP contribution is 2.24. The van der Waals surface area contributed by atoms with Crippen LogP contribution in [0, 0.1) is 5.41 Å². The minimum Gasteiger partial charge on any atom is -0.469 e. The number of piperidine rings is 1. The number of hydrogen-bond acceptors (Lipinski definition) is 5. The van der Waals surface area contributed by atoms with Crippen molar-refractivity contribution in [2.24, 2.45) is 5.41 Å². The van der Waals surface area contributed by atoms with Gasteiger partial charge < -0.3 is 10.1 Å². The summed E-state index contributed by atoms with van der Waals surface area (Å²) in [4.78, 5) is 10.9. The first-order chi connectivity index (χ1) is 8.37. The zero-order valence-electron chi connectivity index (χ0n) is 11.0. The topological polar surface area (TPSA) is 84.5 Å². The van der Waals surface area contributed by atoms with Crippen LogP contribution in [-0.2, 0) is 19.6 Å². The van der Waals surface area contributed by atoms with Crippen LogP contribution in [0.15, 0.2) is 0 Å². The molecule has 0 saturated carbocycles. The Hall–Kier alpha value is -0.660. The van der Waals surface area contributed by atoms with Crippen molar-refractivity contribution in [1.82, 2.24) is 10.0 Å². The van der Waals surface area contributed by atoms with Crippen molar-refractivity contribution >= 4 is 16.0 Å². The molecule has 1 rings (SSSR count). The van der Waals surface area contributed by atoms with Gasteiger partial charge in [-0.1, -0.05) is 6.92 Å². The summed E-state index contributed by atoms with van der Waals surface area (Å²) in [5.41, 5.74) is -0.0451. The number of methoxy groups -OCH3 is 1. The number of ether oxygens (including phenoxy) is 1. The van der Waals surface area contributed by atoms with E-state index in [0.29, 0.717) is 6.54 Å². The monoisotopic (exact) mass is 278 g/mol. The lowest BCUT2D eigenvalue weighted by Gasteiger charge is -2.34. The minimum absolute atomic E-state index is 0.0451. The van der Waals surface area contributed by atoms with Gasteiger partial charge in [-0.05, 0) is 24.8 Å². The van der Waals surface area contributed by atoms with Gasteiger partial charge in [0, 0.05) is 13.1 Å². The van der Waals surface area contributed by atoms with Crippen LogP contribution in [0.3, 0.4) is 0 Å². The van der Waals surface area contributed by atoms with Crippen LogP contribution in [-0.4, -0.2) is 46.9 Å². The average Bonchev–Trinajstić information content (AvgIpc) is 2.35. The third kappa shape index (κ3) is 5.32. The van der Waals surface area contributed by atoms with Crippen LogP contribution in [0.1, 0.15) is 26.2 Å². The highest BCUT2D eigenvalue weighted by atomic mass is 32.2. The molecule has 1 unspecified atom stereocenters. The number of esters is 1. The maximum Gasteiger partial charge on any atom is 0.306 e. The summed E-state index contributed by atoms with van der Waals surface area (Å²) in [5, 5.41) is 3.26. The number of nitrogens with one attached hydrogen (secondary N) is 2. The number of hydrogen-bond donors (Lipinski definition) is 2. The van der Waals surface area contributed by atoms with Gasteiger partial charge in [0.05, 0.1) is 19.3 Å². The van der Waals surface area contributed by atoms with Crippen LogP contribution in [0.25, 0.3) is 0 Å². The quantitative estimate of drug-likeness (QED) is 0.661. The molecule has 7 heteroatoms. The molecule has 1 saturated heterocycles. The Bertz CT molecular complexity index is 375. The molecule has 1 fully saturated rings. The van der Waals surface area contributed by atoms with Gasteiger partial charge in [0.1, 0.15) is 0 Å². The van der Waals surface area contributed by atoms with E-state index in [1.165, 1.54) is 7.11 Å². The summed E-state index contributed by atoms with van der Waals surface area (Å²) in [7, 11) is -2.16. The number of sulfonamides is 1. The van der Waals surface area contributed by atoms with Crippen LogP contribution >= 0.6 is 0 Å². The fourth-order valence-electron chi connectivity index (χ4n) is 1.95. The lowest BCUT2D eigenvalue weighted by molar-refractivity contribution is -0.140. The summed E-state index contributed by atoms with van der Waals surface area (Å²) in [6, 6.07) is 0. The van der Waals surface area contributed by atoms with Crippen LogP contribution in [0.5, 0.6) is 0 Å². The lowest BCUT2D eigenvalue weighted by atomic mass is 9.83. The number of carbonyl (C=O) groups is 1. The number of rotatable bonds is 6. The zero-order chi connectivity index (χ0) is 13.6. The van der Waals surface area contributed by atoms with Crippen molar-refractivity contribution in [3.63, 3.8) is 0 Å². The van der Waals surface area contributed by atoms with E-state index < -0.39 is 16.0 Å². The fourth-order valence-corrected chi connectivity index (χ4v) is 3.09. The second-order valence-corrected chi connectivity index (χ2v) is 6.98. The van der Waals surface area contributed by atoms with Crippen molar-refractivity contribution in [2.75, 3.05) is 32.5 Å². The van der Waals surface area contributed by atoms with Gasteiger partial charge in [0.2, 0.25) is 10.0 Å². The van der Waals surface area contributed by atoms with Gasteiger partial charge in [-0.25, -0.2) is 13.1 Å². The van der Waals surface area contributed by atoms with Gasteiger partial charge in [-0.3, -0.25) is 4.79 Å². The van der Waals surface area contributed by atoms with E-state index in [9.17, 15) is 13.2 Å². The first kappa shape index (κ1) is 15.4. The second kappa shape index (κ2) is 6.49. The predicted molar refractivity (Wildman–Crippen MR) is 68.6 cm³/mol. The molecule has 0 aromatic carbocycles. The first-order valence-electron chi connectivity index (χ1n) is 6.12. The molecule has 0 aromatic rings. The molecule has 0 aliphatic carbocycles. The van der Waals surface area contributed by atoms with Crippen LogP contribution in [0.4, 0.5) is 0 Å². The summed E-state index contributed by atoms with van der Waals surface area (Å²) < 4.78 is 30.4. The Morgan fingerprint density at radius 1 is 1.50 bits per heavy atom. The molecule has 0 bridgehead atoms. The van der Waals surface area contributed by atoms with E-state index in [0.717, 1.165) is 25.9 Å². The Kier molecular flexibility index (Phi) is 5.55. The molecule has 1 heterocycles. The molecule has 0 radical (unpaired) electrons. The smallest absolute Gasteiger partial charge is 0.306 e. The predicted octanol–water partition coefficient (Wildman–Crippen LogP) is -0.141. The van der Waals surface area contributed by atoms with Crippen LogP contribution in [0.2, 0.25) is 0 Å². The van der Waals surface area contributed by atoms with E-state index in [2.05, 4.69) is 21.7 Å². The molecule has 18 heavy (non-hydrogen) atoms. The van der Waals surface area contributed by atoms with Crippen LogP contribution < -0.4 is 10.0 Å². The van der Waals surface area contributed by atoms with Gasteiger partial charge >= 0.3 is 5.97 Å². The third-order valence-electron chi connectivity index (χ3n) is 3.21. The molecular formula is C11H22N2O4S. The molecular weight excluding hydrogens is 256 g/mol. The molecule has 1 aliphatic rings. The van der Waals surface area contributed by atoms with Crippen molar-refractivity contribution in [3.8, 4) is 0 Å². The second-order valence-electron chi connectivity index (χ2n) is 5.06. The lowest BCUT2D eigenvalue weighted by Crippen LogP contribution is -2.46. The molecule has 0 amide bonds. The molecule has 0 spiro atoms. The first-order valence-corrected chi connectivity index (χ1v) is 7.77. The normalized spacial score (nSPS) is 24.8. The van der Waals surface area contributed by atoms with Gasteiger partial charge in [0.25, 0.3) is 0 Å². The van der Waals surface area contributed by atoms with E-state index in [-0.39, 0.29) is 17.6 Å². The van der Waals surface area contributed by atoms with E-state index >= 15 is 0 Å². The Labute approximate surface area is 109 Å². The Morgan fingerprint density at radius 3 is 2.78 bits per heavy atom. The minimum atomic E-state index is -3.40. The largest absolute Gasteiger partial charge is 0.469 e. The summed E-state index contributed by atoms with van der Waals surface area (Å²) >= 11 is 0. The van der Waals surface area contributed by atoms with E-state index in [1.54, 1.807) is 0 Å². The van der Waals surface area contributed by atoms with E-state index in [4.69, 9.17) is 0 Å². The van der Waals surface area contributed by atoms with Gasteiger partial charge in [-0.15, -0.1) is 0 Å². The summed E-state index contributed by atoms with van der Waals surface area (Å²) in [6.45, 7) is 4.27. The molecule has 106 valence electrons. The standard InChI is InChI=1S/C11H22N2O4S/c1-11(5-3-6-12-8-11)9-13-18(15,16)7-4-10(14)17-2/h12-13H,3-9H2,1-2H3. The Morgan fingerprint density at radius 2 is 2.22 bits per heavy atom. The van der Waals surface area contributed by atoms with Gasteiger partial charge in [-0.2, -0.15) is 0 Å². The van der Waals surface area contributed by atoms with Crippen molar-refractivity contribution in [1.29, 1.82) is 0 Å². The van der Waals surface area contributed by atoms with E-state index in [1.807, 2.05) is 0 Å². The Balaban J connectivity index is 2.38. The molecule has 0 aromatic heterocycles. The fraction of sp³-hybridized carbons (Fsp3) is 0.909. The molecule has 1 atom stereocenters.